The number of fused-ring (bicyclic) bond motifs is 6. The molecule has 0 atom stereocenters. The first kappa shape index (κ1) is 39.4. The minimum atomic E-state index is -0.614. The van der Waals surface area contributed by atoms with Crippen LogP contribution in [0.3, 0.4) is 0 Å². The first-order chi connectivity index (χ1) is 33.7. The summed E-state index contributed by atoms with van der Waals surface area (Å²) < 4.78 is 6.18. The SMILES string of the molecule is c1ccc(-c2ccc(-c3ccc4c(c3)C(c3ccccc3)(c3ccccc3)c3cc(-c5cc(-c6cccc(-c7ccc8oc9ccccc9c8c7)c6)nc(-c6ccccc6)n5)ccc3-4)cc2)cc1. The molecule has 2 aromatic heterocycles. The van der Waals surface area contributed by atoms with Crippen molar-refractivity contribution in [3.63, 3.8) is 0 Å². The van der Waals surface area contributed by atoms with Gasteiger partial charge in [-0.1, -0.05) is 212 Å². The number of benzene rings is 10. The van der Waals surface area contributed by atoms with Gasteiger partial charge in [0, 0.05) is 27.5 Å². The summed E-state index contributed by atoms with van der Waals surface area (Å²) in [7, 11) is 0. The maximum Gasteiger partial charge on any atom is 0.160 e. The zero-order valence-electron chi connectivity index (χ0n) is 37.1. The number of hydrogen-bond acceptors (Lipinski definition) is 3. The number of para-hydroxylation sites is 1. The van der Waals surface area contributed by atoms with E-state index in [1.165, 1.54) is 55.6 Å². The summed E-state index contributed by atoms with van der Waals surface area (Å²) >= 11 is 0. The molecule has 68 heavy (non-hydrogen) atoms. The van der Waals surface area contributed by atoms with Gasteiger partial charge < -0.3 is 4.42 Å². The Morgan fingerprint density at radius 1 is 0.279 bits per heavy atom. The number of hydrogen-bond donors (Lipinski definition) is 0. The van der Waals surface area contributed by atoms with Crippen LogP contribution >= 0.6 is 0 Å². The van der Waals surface area contributed by atoms with E-state index in [0.29, 0.717) is 5.82 Å². The van der Waals surface area contributed by atoms with Crippen molar-refractivity contribution in [1.82, 2.24) is 9.97 Å². The van der Waals surface area contributed by atoms with Crippen LogP contribution in [0.4, 0.5) is 0 Å². The summed E-state index contributed by atoms with van der Waals surface area (Å²) in [4.78, 5) is 10.6. The average molecular weight is 867 g/mol. The predicted molar refractivity (Wildman–Crippen MR) is 279 cm³/mol. The van der Waals surface area contributed by atoms with Gasteiger partial charge in [0.2, 0.25) is 0 Å². The standard InChI is InChI=1S/C65H42N2O/c1-5-16-43(17-6-1)44-28-30-45(31-29-44)49-32-35-54-55-36-33-51(41-59(55)65(58(54)40-49,52-22-9-3-10-23-52)53-24-11-4-12-25-53)61-42-60(66-64(67-61)46-18-7-2-8-19-46)50-21-15-20-47(38-50)48-34-37-63-57(39-48)56-26-13-14-27-62(56)68-63/h1-42H. The van der Waals surface area contributed by atoms with Gasteiger partial charge in [0.05, 0.1) is 16.8 Å². The molecule has 0 N–H and O–H groups in total. The Morgan fingerprint density at radius 3 is 1.37 bits per heavy atom. The Morgan fingerprint density at radius 2 is 0.706 bits per heavy atom. The van der Waals surface area contributed by atoms with Crippen molar-refractivity contribution in [2.75, 3.05) is 0 Å². The van der Waals surface area contributed by atoms with Crippen LogP contribution < -0.4 is 0 Å². The second-order valence-corrected chi connectivity index (χ2v) is 17.7. The number of furan rings is 1. The average Bonchev–Trinajstić information content (AvgIpc) is 3.94. The van der Waals surface area contributed by atoms with Gasteiger partial charge in [-0.15, -0.1) is 0 Å². The third kappa shape index (κ3) is 6.59. The highest BCUT2D eigenvalue weighted by atomic mass is 16.3. The molecule has 318 valence electrons. The van der Waals surface area contributed by atoms with Gasteiger partial charge in [-0.25, -0.2) is 9.97 Å². The highest BCUT2D eigenvalue weighted by molar-refractivity contribution is 6.06. The summed E-state index contributed by atoms with van der Waals surface area (Å²) in [5.74, 6) is 0.680. The van der Waals surface area contributed by atoms with E-state index in [4.69, 9.17) is 14.4 Å². The van der Waals surface area contributed by atoms with Crippen LogP contribution in [0.25, 0.3) is 100 Å². The second-order valence-electron chi connectivity index (χ2n) is 17.7. The fraction of sp³-hybridized carbons (Fsp3) is 0.0154. The van der Waals surface area contributed by atoms with Gasteiger partial charge in [0.1, 0.15) is 11.2 Å². The Labute approximate surface area is 395 Å². The van der Waals surface area contributed by atoms with Crippen molar-refractivity contribution in [1.29, 1.82) is 0 Å². The van der Waals surface area contributed by atoms with Gasteiger partial charge in [0.15, 0.2) is 5.82 Å². The van der Waals surface area contributed by atoms with Crippen molar-refractivity contribution in [2.24, 2.45) is 0 Å². The van der Waals surface area contributed by atoms with Gasteiger partial charge in [-0.05, 0) is 109 Å². The van der Waals surface area contributed by atoms with Crippen LogP contribution in [-0.2, 0) is 5.41 Å². The largest absolute Gasteiger partial charge is 0.456 e. The quantitative estimate of drug-likeness (QED) is 0.153. The smallest absolute Gasteiger partial charge is 0.160 e. The van der Waals surface area contributed by atoms with Crippen molar-refractivity contribution in [2.45, 2.75) is 5.41 Å². The molecule has 0 bridgehead atoms. The van der Waals surface area contributed by atoms with Crippen LogP contribution in [0.15, 0.2) is 259 Å². The fourth-order valence-corrected chi connectivity index (χ4v) is 10.5. The zero-order valence-corrected chi connectivity index (χ0v) is 37.1. The van der Waals surface area contributed by atoms with Crippen LogP contribution in [-0.4, -0.2) is 9.97 Å². The summed E-state index contributed by atoms with van der Waals surface area (Å²) in [6.45, 7) is 0. The Bertz CT molecular complexity index is 3780. The third-order valence-corrected chi connectivity index (χ3v) is 13.8. The van der Waals surface area contributed by atoms with E-state index >= 15 is 0 Å². The molecule has 0 saturated carbocycles. The van der Waals surface area contributed by atoms with Crippen LogP contribution in [0.1, 0.15) is 22.3 Å². The lowest BCUT2D eigenvalue weighted by Gasteiger charge is -2.34. The molecule has 12 aromatic rings. The van der Waals surface area contributed by atoms with E-state index in [1.807, 2.05) is 30.3 Å². The first-order valence-electron chi connectivity index (χ1n) is 23.2. The fourth-order valence-electron chi connectivity index (χ4n) is 10.5. The highest BCUT2D eigenvalue weighted by Crippen LogP contribution is 2.57. The van der Waals surface area contributed by atoms with Crippen LogP contribution in [0, 0.1) is 0 Å². The maximum absolute atomic E-state index is 6.18. The molecular formula is C65H42N2O. The van der Waals surface area contributed by atoms with Crippen molar-refractivity contribution in [3.8, 4) is 78.4 Å². The van der Waals surface area contributed by atoms with Crippen molar-refractivity contribution in [3.05, 3.63) is 277 Å². The highest BCUT2D eigenvalue weighted by Gasteiger charge is 2.46. The minimum absolute atomic E-state index is 0.614. The topological polar surface area (TPSA) is 38.9 Å². The molecule has 3 nitrogen and oxygen atoms in total. The Balaban J connectivity index is 0.973. The van der Waals surface area contributed by atoms with Crippen LogP contribution in [0.2, 0.25) is 0 Å². The monoisotopic (exact) mass is 866 g/mol. The first-order valence-corrected chi connectivity index (χ1v) is 23.2. The maximum atomic E-state index is 6.18. The molecule has 1 aliphatic carbocycles. The molecule has 3 heteroatoms. The summed E-state index contributed by atoms with van der Waals surface area (Å²) in [5, 5.41) is 2.22. The second kappa shape index (κ2) is 16.2. The summed E-state index contributed by atoms with van der Waals surface area (Å²) in [6.07, 6.45) is 0. The Kier molecular flexibility index (Phi) is 9.40. The van der Waals surface area contributed by atoms with E-state index in [9.17, 15) is 0 Å². The zero-order chi connectivity index (χ0) is 45.0. The minimum Gasteiger partial charge on any atom is -0.456 e. The number of aromatic nitrogens is 2. The molecule has 1 aliphatic rings. The van der Waals surface area contributed by atoms with E-state index in [2.05, 4.69) is 224 Å². The lowest BCUT2D eigenvalue weighted by Crippen LogP contribution is -2.28. The van der Waals surface area contributed by atoms with Crippen molar-refractivity contribution < 1.29 is 4.42 Å². The molecule has 10 aromatic carbocycles. The lowest BCUT2D eigenvalue weighted by molar-refractivity contribution is 0.669. The molecule has 0 saturated heterocycles. The summed E-state index contributed by atoms with van der Waals surface area (Å²) in [5.41, 5.74) is 20.3. The molecular weight excluding hydrogens is 825 g/mol. The van der Waals surface area contributed by atoms with E-state index in [1.54, 1.807) is 0 Å². The molecule has 0 radical (unpaired) electrons. The van der Waals surface area contributed by atoms with Gasteiger partial charge in [-0.2, -0.15) is 0 Å². The van der Waals surface area contributed by atoms with Gasteiger partial charge >= 0.3 is 0 Å². The van der Waals surface area contributed by atoms with Gasteiger partial charge in [0.25, 0.3) is 0 Å². The molecule has 2 heterocycles. The molecule has 0 amide bonds. The lowest BCUT2D eigenvalue weighted by atomic mass is 9.67. The van der Waals surface area contributed by atoms with E-state index in [-0.39, 0.29) is 0 Å². The third-order valence-electron chi connectivity index (χ3n) is 13.8. The number of nitrogens with zero attached hydrogens (tertiary/aromatic N) is 2. The number of rotatable bonds is 8. The molecule has 0 spiro atoms. The molecule has 13 rings (SSSR count). The summed E-state index contributed by atoms with van der Waals surface area (Å²) in [6, 6.07) is 91.4. The molecule has 0 unspecified atom stereocenters. The van der Waals surface area contributed by atoms with Gasteiger partial charge in [-0.3, -0.25) is 0 Å². The van der Waals surface area contributed by atoms with E-state index in [0.717, 1.165) is 61.1 Å². The normalized spacial score (nSPS) is 12.5. The van der Waals surface area contributed by atoms with Crippen molar-refractivity contribution >= 4 is 21.9 Å². The van der Waals surface area contributed by atoms with E-state index < -0.39 is 5.41 Å². The predicted octanol–water partition coefficient (Wildman–Crippen LogP) is 16.7. The Hall–Kier alpha value is -8.92. The van der Waals surface area contributed by atoms with Crippen LogP contribution in [0.5, 0.6) is 0 Å². The molecule has 0 fully saturated rings. The molecule has 0 aliphatic heterocycles.